The number of hydrogen-bond acceptors (Lipinski definition) is 2. The Bertz CT molecular complexity index is 1960. The summed E-state index contributed by atoms with van der Waals surface area (Å²) in [6.07, 6.45) is 15.0. The fraction of sp³-hybridized carbons (Fsp3) is 0.405. The summed E-state index contributed by atoms with van der Waals surface area (Å²) in [5, 5.41) is 7.38. The van der Waals surface area contributed by atoms with Gasteiger partial charge in [0.25, 0.3) is 0 Å². The number of halogens is 1. The van der Waals surface area contributed by atoms with Crippen molar-refractivity contribution >= 4 is 72.0 Å². The zero-order valence-corrected chi connectivity index (χ0v) is 30.2. The number of nitrogens with zero attached hydrogens (tertiary/aromatic N) is 2. The molecule has 6 aromatic rings. The first-order chi connectivity index (χ1) is 23.1. The highest BCUT2D eigenvalue weighted by Crippen LogP contribution is 2.42. The molecule has 5 heteroatoms. The van der Waals surface area contributed by atoms with Gasteiger partial charge in [0.1, 0.15) is 18.9 Å². The first kappa shape index (κ1) is 33.6. The van der Waals surface area contributed by atoms with E-state index < -0.39 is 0 Å². The zero-order chi connectivity index (χ0) is 32.6. The van der Waals surface area contributed by atoms with Crippen LogP contribution in [0.25, 0.3) is 54.7 Å². The van der Waals surface area contributed by atoms with E-state index >= 15 is 0 Å². The molecule has 0 unspecified atom stereocenters. The van der Waals surface area contributed by atoms with E-state index in [0.717, 1.165) is 53.1 Å². The van der Waals surface area contributed by atoms with Crippen LogP contribution in [0.4, 0.5) is 0 Å². The number of rotatable bonds is 17. The molecule has 0 N–H and O–H groups in total. The molecular weight excluding hydrogens is 639 g/mol. The van der Waals surface area contributed by atoms with Gasteiger partial charge in [0.15, 0.2) is 0 Å². The van der Waals surface area contributed by atoms with Gasteiger partial charge in [0.05, 0.1) is 23.2 Å². The molecule has 47 heavy (non-hydrogen) atoms. The average Bonchev–Trinajstić information content (AvgIpc) is 3.47. The lowest BCUT2D eigenvalue weighted by Crippen LogP contribution is -2.09. The first-order valence-corrected chi connectivity index (χ1v) is 18.9. The summed E-state index contributed by atoms with van der Waals surface area (Å²) >= 11 is 3.77. The zero-order valence-electron chi connectivity index (χ0n) is 28.6. The van der Waals surface area contributed by atoms with Gasteiger partial charge in [-0.3, -0.25) is 0 Å². The van der Waals surface area contributed by atoms with Crippen LogP contribution in [-0.4, -0.2) is 23.4 Å². The lowest BCUT2D eigenvalue weighted by Gasteiger charge is -2.17. The van der Waals surface area contributed by atoms with Crippen LogP contribution in [0.5, 0.6) is 5.75 Å². The van der Waals surface area contributed by atoms with Crippen molar-refractivity contribution < 1.29 is 4.74 Å². The number of fused-ring (bicyclic) bond motifs is 7. The maximum atomic E-state index is 6.68. The van der Waals surface area contributed by atoms with E-state index in [0.29, 0.717) is 0 Å². The van der Waals surface area contributed by atoms with Crippen LogP contribution in [0.15, 0.2) is 77.3 Å². The standard InChI is InChI=1S/C42H49BBrN2O/c1-4-6-8-10-12-16-26-46-41-35-23-21-31(43-3)28-36(35)37-29-32(44)22-24-34(37)40(41)45-42(46)39-33-19-15-14-18-30(33)20-25-38(39)47-27-17-13-11-9-7-5-2/h14-15,18-25,28-29H,4-13,16-17,26-27H2,1-3H3. The van der Waals surface area contributed by atoms with Crippen LogP contribution in [0.3, 0.4) is 0 Å². The van der Waals surface area contributed by atoms with Gasteiger partial charge in [0, 0.05) is 21.8 Å². The third-order valence-corrected chi connectivity index (χ3v) is 10.2. The second kappa shape index (κ2) is 16.2. The summed E-state index contributed by atoms with van der Waals surface area (Å²) in [6, 6.07) is 26.7. The van der Waals surface area contributed by atoms with E-state index in [-0.39, 0.29) is 0 Å². The molecule has 1 aromatic heterocycles. The van der Waals surface area contributed by atoms with E-state index in [2.05, 4.69) is 121 Å². The fourth-order valence-electron chi connectivity index (χ4n) is 7.16. The summed E-state index contributed by atoms with van der Waals surface area (Å²) in [4.78, 5) is 5.61. The number of benzene rings is 5. The number of aromatic nitrogens is 2. The van der Waals surface area contributed by atoms with Crippen LogP contribution in [0.1, 0.15) is 90.9 Å². The molecular formula is C42H49BBrN2O. The number of hydrogen-bond donors (Lipinski definition) is 0. The Morgan fingerprint density at radius 1 is 0.681 bits per heavy atom. The van der Waals surface area contributed by atoms with Gasteiger partial charge in [-0.25, -0.2) is 4.98 Å². The monoisotopic (exact) mass is 687 g/mol. The molecule has 3 nitrogen and oxygen atoms in total. The van der Waals surface area contributed by atoms with Gasteiger partial charge in [-0.2, -0.15) is 0 Å². The van der Waals surface area contributed by atoms with Crippen molar-refractivity contribution in [3.63, 3.8) is 0 Å². The van der Waals surface area contributed by atoms with E-state index in [1.807, 2.05) is 0 Å². The lowest BCUT2D eigenvalue weighted by atomic mass is 9.72. The highest BCUT2D eigenvalue weighted by Gasteiger charge is 2.23. The second-order valence-electron chi connectivity index (χ2n) is 13.1. The van der Waals surface area contributed by atoms with E-state index in [4.69, 9.17) is 9.72 Å². The van der Waals surface area contributed by atoms with Crippen molar-refractivity contribution in [2.45, 2.75) is 104 Å². The number of imidazole rings is 1. The molecule has 0 amide bonds. The van der Waals surface area contributed by atoms with Crippen molar-refractivity contribution in [1.29, 1.82) is 0 Å². The predicted molar refractivity (Wildman–Crippen MR) is 209 cm³/mol. The van der Waals surface area contributed by atoms with Gasteiger partial charge in [-0.15, -0.1) is 0 Å². The maximum absolute atomic E-state index is 6.68. The molecule has 0 atom stereocenters. The van der Waals surface area contributed by atoms with Gasteiger partial charge in [-0.05, 0) is 52.6 Å². The van der Waals surface area contributed by atoms with Crippen molar-refractivity contribution in [2.24, 2.45) is 0 Å². The Kier molecular flexibility index (Phi) is 11.6. The third-order valence-electron chi connectivity index (χ3n) is 9.73. The summed E-state index contributed by atoms with van der Waals surface area (Å²) in [5.74, 6) is 1.96. The smallest absolute Gasteiger partial charge is 0.148 e. The Hall–Kier alpha value is -3.31. The van der Waals surface area contributed by atoms with E-state index in [1.165, 1.54) is 108 Å². The molecule has 0 spiro atoms. The molecule has 0 aliphatic heterocycles. The Morgan fingerprint density at radius 2 is 1.38 bits per heavy atom. The summed E-state index contributed by atoms with van der Waals surface area (Å²) < 4.78 is 10.3. The largest absolute Gasteiger partial charge is 0.493 e. The minimum atomic E-state index is 0.727. The van der Waals surface area contributed by atoms with Crippen molar-refractivity contribution in [1.82, 2.24) is 9.55 Å². The SMILES string of the molecule is C[B]c1ccc2c(c1)c1cc(Br)ccc1c1nc(-c3c(OCCCCCCCC)ccc4ccccc34)n(CCCCCCCC)c21. The van der Waals surface area contributed by atoms with Crippen LogP contribution in [-0.2, 0) is 6.54 Å². The average molecular weight is 689 g/mol. The maximum Gasteiger partial charge on any atom is 0.148 e. The van der Waals surface area contributed by atoms with Crippen LogP contribution in [0.2, 0.25) is 6.82 Å². The molecule has 5 aromatic carbocycles. The minimum absolute atomic E-state index is 0.727. The molecule has 0 aliphatic rings. The molecule has 0 aliphatic carbocycles. The van der Waals surface area contributed by atoms with Crippen molar-refractivity contribution in [2.75, 3.05) is 6.61 Å². The molecule has 0 saturated carbocycles. The lowest BCUT2D eigenvalue weighted by molar-refractivity contribution is 0.305. The summed E-state index contributed by atoms with van der Waals surface area (Å²) in [7, 11) is 2.19. The summed E-state index contributed by atoms with van der Waals surface area (Å²) in [6.45, 7) is 8.33. The van der Waals surface area contributed by atoms with Crippen molar-refractivity contribution in [3.8, 4) is 17.1 Å². The number of unbranched alkanes of at least 4 members (excludes halogenated alkanes) is 10. The van der Waals surface area contributed by atoms with Crippen LogP contribution >= 0.6 is 15.9 Å². The minimum Gasteiger partial charge on any atom is -0.493 e. The predicted octanol–water partition coefficient (Wildman–Crippen LogP) is 12.4. The van der Waals surface area contributed by atoms with Gasteiger partial charge >= 0.3 is 0 Å². The highest BCUT2D eigenvalue weighted by atomic mass is 79.9. The highest BCUT2D eigenvalue weighted by molar-refractivity contribution is 9.10. The van der Waals surface area contributed by atoms with E-state index in [9.17, 15) is 0 Å². The molecule has 0 fully saturated rings. The molecule has 243 valence electrons. The molecule has 0 saturated heterocycles. The normalized spacial score (nSPS) is 11.7. The molecule has 1 radical (unpaired) electrons. The second-order valence-corrected chi connectivity index (χ2v) is 14.0. The summed E-state index contributed by atoms with van der Waals surface area (Å²) in [5.41, 5.74) is 4.66. The van der Waals surface area contributed by atoms with Gasteiger partial charge < -0.3 is 9.30 Å². The molecule has 1 heterocycles. The quantitative estimate of drug-likeness (QED) is 0.0542. The Morgan fingerprint density at radius 3 is 2.17 bits per heavy atom. The van der Waals surface area contributed by atoms with E-state index in [1.54, 1.807) is 0 Å². The van der Waals surface area contributed by atoms with Gasteiger partial charge in [0.2, 0.25) is 0 Å². The van der Waals surface area contributed by atoms with Crippen LogP contribution in [0, 0.1) is 0 Å². The number of aryl methyl sites for hydroxylation is 1. The Balaban J connectivity index is 1.53. The van der Waals surface area contributed by atoms with Crippen molar-refractivity contribution in [3.05, 3.63) is 77.3 Å². The topological polar surface area (TPSA) is 27.1 Å². The molecule has 0 bridgehead atoms. The first-order valence-electron chi connectivity index (χ1n) is 18.1. The van der Waals surface area contributed by atoms with Gasteiger partial charge in [-0.1, -0.05) is 161 Å². The third kappa shape index (κ3) is 7.41. The fourth-order valence-corrected chi connectivity index (χ4v) is 7.52. The van der Waals surface area contributed by atoms with Crippen LogP contribution < -0.4 is 10.2 Å². The molecule has 6 rings (SSSR count). The Labute approximate surface area is 290 Å². The number of ether oxygens (including phenoxy) is 1.